The Bertz CT molecular complexity index is 510. The van der Waals surface area contributed by atoms with Gasteiger partial charge in [0.25, 0.3) is 5.91 Å². The third kappa shape index (κ3) is 5.01. The lowest BCUT2D eigenvalue weighted by molar-refractivity contribution is -0.144. The van der Waals surface area contributed by atoms with E-state index in [1.165, 1.54) is 0 Å². The molecule has 0 spiro atoms. The van der Waals surface area contributed by atoms with Gasteiger partial charge >= 0.3 is 6.18 Å². The third-order valence-electron chi connectivity index (χ3n) is 3.12. The zero-order valence-electron chi connectivity index (χ0n) is 13.0. The van der Waals surface area contributed by atoms with Crippen molar-refractivity contribution in [1.29, 1.82) is 0 Å². The number of nitrogens with one attached hydrogen (secondary N) is 1. The highest BCUT2D eigenvalue weighted by Crippen LogP contribution is 2.30. The monoisotopic (exact) mass is 321 g/mol. The van der Waals surface area contributed by atoms with Crippen LogP contribution in [-0.4, -0.2) is 32.9 Å². The Morgan fingerprint density at radius 1 is 1.36 bits per heavy atom. The lowest BCUT2D eigenvalue weighted by Gasteiger charge is -2.22. The van der Waals surface area contributed by atoms with E-state index >= 15 is 0 Å². The van der Waals surface area contributed by atoms with E-state index in [0.717, 1.165) is 23.6 Å². The Labute approximate surface area is 127 Å². The molecule has 0 saturated carbocycles. The van der Waals surface area contributed by atoms with Crippen molar-refractivity contribution in [2.24, 2.45) is 0 Å². The molecule has 1 heterocycles. The van der Waals surface area contributed by atoms with E-state index < -0.39 is 23.3 Å². The van der Waals surface area contributed by atoms with Gasteiger partial charge in [-0.2, -0.15) is 18.3 Å². The molecule has 2 N–H and O–H groups in total. The summed E-state index contributed by atoms with van der Waals surface area (Å²) in [5.41, 5.74) is -2.16. The summed E-state index contributed by atoms with van der Waals surface area (Å²) in [4.78, 5) is 12.0. The number of aryl methyl sites for hydroxylation is 1. The van der Waals surface area contributed by atoms with Crippen molar-refractivity contribution in [3.63, 3.8) is 0 Å². The van der Waals surface area contributed by atoms with E-state index in [0.29, 0.717) is 6.42 Å². The van der Waals surface area contributed by atoms with Crippen molar-refractivity contribution < 1.29 is 23.1 Å². The number of rotatable bonds is 7. The first-order valence-electron chi connectivity index (χ1n) is 7.19. The van der Waals surface area contributed by atoms with E-state index in [1.807, 2.05) is 6.92 Å². The Morgan fingerprint density at radius 3 is 2.50 bits per heavy atom. The van der Waals surface area contributed by atoms with Crippen LogP contribution in [0.25, 0.3) is 0 Å². The molecule has 0 radical (unpaired) electrons. The molecule has 126 valence electrons. The number of halogens is 3. The average Bonchev–Trinajstić information content (AvgIpc) is 2.83. The molecule has 0 aliphatic heterocycles. The number of unbranched alkanes of at least 4 members (excludes halogenated alkanes) is 2. The Morgan fingerprint density at radius 2 is 2.00 bits per heavy atom. The van der Waals surface area contributed by atoms with E-state index in [4.69, 9.17) is 5.11 Å². The summed E-state index contributed by atoms with van der Waals surface area (Å²) < 4.78 is 39.8. The van der Waals surface area contributed by atoms with Gasteiger partial charge in [-0.05, 0) is 20.3 Å². The maximum absolute atomic E-state index is 13.0. The Balaban J connectivity index is 2.99. The molecule has 0 unspecified atom stereocenters. The number of nitrogens with zero attached hydrogens (tertiary/aromatic N) is 2. The van der Waals surface area contributed by atoms with Crippen molar-refractivity contribution >= 4 is 5.91 Å². The summed E-state index contributed by atoms with van der Waals surface area (Å²) in [5.74, 6) is -0.737. The molecule has 0 aliphatic rings. The van der Waals surface area contributed by atoms with E-state index in [-0.39, 0.29) is 18.8 Å². The fraction of sp³-hybridized carbons (Fsp3) is 0.714. The molecule has 1 amide bonds. The van der Waals surface area contributed by atoms with Crippen molar-refractivity contribution in [1.82, 2.24) is 15.1 Å². The molecule has 0 fully saturated rings. The van der Waals surface area contributed by atoms with Crippen LogP contribution in [0.4, 0.5) is 13.2 Å². The molecule has 1 aromatic heterocycles. The molecule has 5 nitrogen and oxygen atoms in total. The molecule has 22 heavy (non-hydrogen) atoms. The zero-order chi connectivity index (χ0) is 17.0. The number of carbonyl (C=O) groups excluding carboxylic acids is 1. The number of hydrogen-bond acceptors (Lipinski definition) is 3. The molecule has 0 saturated heterocycles. The minimum Gasteiger partial charge on any atom is -0.394 e. The largest absolute Gasteiger partial charge is 0.433 e. The number of aliphatic hydroxyl groups is 1. The summed E-state index contributed by atoms with van der Waals surface area (Å²) in [6.07, 6.45) is -2.34. The van der Waals surface area contributed by atoms with E-state index in [9.17, 15) is 18.0 Å². The smallest absolute Gasteiger partial charge is 0.394 e. The van der Waals surface area contributed by atoms with Gasteiger partial charge in [-0.1, -0.05) is 19.8 Å². The number of aliphatic hydroxyl groups excluding tert-OH is 1. The van der Waals surface area contributed by atoms with Crippen LogP contribution in [0.5, 0.6) is 0 Å². The quantitative estimate of drug-likeness (QED) is 0.759. The average molecular weight is 321 g/mol. The number of alkyl halides is 3. The number of hydrogen-bond donors (Lipinski definition) is 2. The molecular weight excluding hydrogens is 299 g/mol. The predicted octanol–water partition coefficient (Wildman–Crippen LogP) is 2.59. The van der Waals surface area contributed by atoms with Gasteiger partial charge in [-0.3, -0.25) is 9.48 Å². The topological polar surface area (TPSA) is 67.2 Å². The maximum atomic E-state index is 13.0. The fourth-order valence-corrected chi connectivity index (χ4v) is 1.85. The second-order valence-electron chi connectivity index (χ2n) is 5.84. The fourth-order valence-electron chi connectivity index (χ4n) is 1.85. The maximum Gasteiger partial charge on any atom is 0.433 e. The first-order valence-corrected chi connectivity index (χ1v) is 7.19. The normalized spacial score (nSPS) is 12.5. The first-order chi connectivity index (χ1) is 10.1. The van der Waals surface area contributed by atoms with Gasteiger partial charge in [0.1, 0.15) is 5.69 Å². The van der Waals surface area contributed by atoms with Crippen LogP contribution in [0.15, 0.2) is 6.07 Å². The zero-order valence-corrected chi connectivity index (χ0v) is 13.0. The first kappa shape index (κ1) is 18.5. The van der Waals surface area contributed by atoms with Crippen LogP contribution in [0, 0.1) is 0 Å². The lowest BCUT2D eigenvalue weighted by atomic mass is 10.1. The predicted molar refractivity (Wildman–Crippen MR) is 75.4 cm³/mol. The van der Waals surface area contributed by atoms with Gasteiger partial charge in [0, 0.05) is 12.6 Å². The van der Waals surface area contributed by atoms with Gasteiger partial charge < -0.3 is 10.4 Å². The van der Waals surface area contributed by atoms with Crippen molar-refractivity contribution in [3.05, 3.63) is 17.5 Å². The Hall–Kier alpha value is -1.57. The number of aromatic nitrogens is 2. The Kier molecular flexibility index (Phi) is 5.99. The number of carbonyl (C=O) groups is 1. The van der Waals surface area contributed by atoms with Crippen molar-refractivity contribution in [3.8, 4) is 0 Å². The minimum atomic E-state index is -4.57. The van der Waals surface area contributed by atoms with Crippen LogP contribution in [0.3, 0.4) is 0 Å². The van der Waals surface area contributed by atoms with E-state index in [2.05, 4.69) is 10.4 Å². The molecule has 0 atom stereocenters. The van der Waals surface area contributed by atoms with Crippen LogP contribution < -0.4 is 5.32 Å². The summed E-state index contributed by atoms with van der Waals surface area (Å²) in [7, 11) is 0. The molecule has 1 rings (SSSR count). The lowest BCUT2D eigenvalue weighted by Crippen LogP contribution is -2.46. The van der Waals surface area contributed by atoms with Gasteiger partial charge in [-0.25, -0.2) is 0 Å². The van der Waals surface area contributed by atoms with E-state index in [1.54, 1.807) is 13.8 Å². The van der Waals surface area contributed by atoms with Crippen LogP contribution in [-0.2, 0) is 12.7 Å². The molecular formula is C14H22F3N3O2. The molecule has 0 aliphatic carbocycles. The summed E-state index contributed by atoms with van der Waals surface area (Å²) in [6, 6.07) is 0.745. The highest BCUT2D eigenvalue weighted by atomic mass is 19.4. The van der Waals surface area contributed by atoms with Gasteiger partial charge in [0.05, 0.1) is 12.1 Å². The minimum absolute atomic E-state index is 0.110. The molecule has 1 aromatic rings. The highest BCUT2D eigenvalue weighted by Gasteiger charge is 2.36. The van der Waals surface area contributed by atoms with Gasteiger partial charge in [0.2, 0.25) is 0 Å². The van der Waals surface area contributed by atoms with Crippen LogP contribution in [0.1, 0.15) is 56.2 Å². The SMILES string of the molecule is CCCCCn1nc(C(=O)NC(C)(C)CO)cc1C(F)(F)F. The van der Waals surface area contributed by atoms with Crippen LogP contribution in [0.2, 0.25) is 0 Å². The molecule has 8 heteroatoms. The van der Waals surface area contributed by atoms with Gasteiger partial charge in [0.15, 0.2) is 5.69 Å². The molecule has 0 aromatic carbocycles. The second kappa shape index (κ2) is 7.13. The number of amides is 1. The third-order valence-corrected chi connectivity index (χ3v) is 3.12. The van der Waals surface area contributed by atoms with Gasteiger partial charge in [-0.15, -0.1) is 0 Å². The van der Waals surface area contributed by atoms with Crippen LogP contribution >= 0.6 is 0 Å². The second-order valence-corrected chi connectivity index (χ2v) is 5.84. The summed E-state index contributed by atoms with van der Waals surface area (Å²) >= 11 is 0. The summed E-state index contributed by atoms with van der Waals surface area (Å²) in [5, 5.41) is 15.3. The van der Waals surface area contributed by atoms with Crippen molar-refractivity contribution in [2.45, 2.75) is 58.3 Å². The standard InChI is InChI=1S/C14H22F3N3O2/c1-4-5-6-7-20-11(14(15,16)17)8-10(19-20)12(22)18-13(2,3)9-21/h8,21H,4-7,9H2,1-3H3,(H,18,22). The highest BCUT2D eigenvalue weighted by molar-refractivity contribution is 5.92. The summed E-state index contributed by atoms with van der Waals surface area (Å²) in [6.45, 7) is 4.85. The molecule has 0 bridgehead atoms. The van der Waals surface area contributed by atoms with Crippen molar-refractivity contribution in [2.75, 3.05) is 6.61 Å².